The van der Waals surface area contributed by atoms with Gasteiger partial charge in [-0.3, -0.25) is 4.79 Å². The highest BCUT2D eigenvalue weighted by molar-refractivity contribution is 9.10. The van der Waals surface area contributed by atoms with E-state index in [0.29, 0.717) is 18.2 Å². The maximum absolute atomic E-state index is 12.0. The summed E-state index contributed by atoms with van der Waals surface area (Å²) in [6.45, 7) is 0.347. The molecular formula is C11H13BrF2N4OS. The third-order valence-corrected chi connectivity index (χ3v) is 3.99. The first kappa shape index (κ1) is 15.4. The van der Waals surface area contributed by atoms with Gasteiger partial charge in [0.05, 0.1) is 16.9 Å². The molecule has 0 aliphatic carbocycles. The molecular weight excluding hydrogens is 354 g/mol. The number of thioether (sulfide) groups is 1. The predicted octanol–water partition coefficient (Wildman–Crippen LogP) is 1.78. The van der Waals surface area contributed by atoms with Crippen molar-refractivity contribution in [1.82, 2.24) is 15.3 Å². The summed E-state index contributed by atoms with van der Waals surface area (Å²) in [7, 11) is 0. The van der Waals surface area contributed by atoms with Crippen molar-refractivity contribution in [3.63, 3.8) is 0 Å². The SMILES string of the molecule is CSc1ncc(Br)c(N2CC(C(=O)NCC(F)F)C2)n1. The molecule has 1 aliphatic rings. The van der Waals surface area contributed by atoms with E-state index in [1.807, 2.05) is 11.2 Å². The summed E-state index contributed by atoms with van der Waals surface area (Å²) in [6.07, 6.45) is 1.03. The van der Waals surface area contributed by atoms with Crippen LogP contribution >= 0.6 is 27.7 Å². The molecule has 110 valence electrons. The van der Waals surface area contributed by atoms with Crippen molar-refractivity contribution in [2.75, 3.05) is 30.8 Å². The topological polar surface area (TPSA) is 58.1 Å². The molecule has 1 aromatic heterocycles. The fourth-order valence-electron chi connectivity index (χ4n) is 1.80. The lowest BCUT2D eigenvalue weighted by atomic mass is 9.99. The highest BCUT2D eigenvalue weighted by atomic mass is 79.9. The van der Waals surface area contributed by atoms with Gasteiger partial charge in [0.25, 0.3) is 6.43 Å². The fraction of sp³-hybridized carbons (Fsp3) is 0.545. The summed E-state index contributed by atoms with van der Waals surface area (Å²) in [5.74, 6) is 0.118. The largest absolute Gasteiger partial charge is 0.354 e. The predicted molar refractivity (Wildman–Crippen MR) is 76.2 cm³/mol. The molecule has 2 rings (SSSR count). The Bertz CT molecular complexity index is 499. The molecule has 0 saturated carbocycles. The van der Waals surface area contributed by atoms with E-state index in [1.54, 1.807) is 6.20 Å². The molecule has 20 heavy (non-hydrogen) atoms. The van der Waals surface area contributed by atoms with Crippen LogP contribution in [0.4, 0.5) is 14.6 Å². The van der Waals surface area contributed by atoms with Gasteiger partial charge in [-0.25, -0.2) is 18.7 Å². The van der Waals surface area contributed by atoms with Gasteiger partial charge >= 0.3 is 0 Å². The third-order valence-electron chi connectivity index (χ3n) is 2.87. The van der Waals surface area contributed by atoms with Gasteiger partial charge in [-0.2, -0.15) is 0 Å². The molecule has 0 radical (unpaired) electrons. The number of anilines is 1. The van der Waals surface area contributed by atoms with Gasteiger partial charge < -0.3 is 10.2 Å². The van der Waals surface area contributed by atoms with Crippen LogP contribution < -0.4 is 10.2 Å². The monoisotopic (exact) mass is 366 g/mol. The zero-order valence-electron chi connectivity index (χ0n) is 10.6. The molecule has 0 aromatic carbocycles. The van der Waals surface area contributed by atoms with E-state index < -0.39 is 13.0 Å². The zero-order valence-corrected chi connectivity index (χ0v) is 13.0. The Kier molecular flexibility index (Phi) is 5.14. The fourth-order valence-corrected chi connectivity index (χ4v) is 2.58. The van der Waals surface area contributed by atoms with Crippen molar-refractivity contribution < 1.29 is 13.6 Å². The van der Waals surface area contributed by atoms with Crippen molar-refractivity contribution in [2.24, 2.45) is 5.92 Å². The molecule has 0 bridgehead atoms. The summed E-state index contributed by atoms with van der Waals surface area (Å²) >= 11 is 4.80. The van der Waals surface area contributed by atoms with Crippen molar-refractivity contribution >= 4 is 39.4 Å². The van der Waals surface area contributed by atoms with Gasteiger partial charge in [0.15, 0.2) is 5.16 Å². The molecule has 0 atom stereocenters. The maximum Gasteiger partial charge on any atom is 0.255 e. The van der Waals surface area contributed by atoms with Gasteiger partial charge in [0, 0.05) is 19.3 Å². The minimum atomic E-state index is -2.52. The number of aromatic nitrogens is 2. The van der Waals surface area contributed by atoms with Crippen LogP contribution in [0.1, 0.15) is 0 Å². The Morgan fingerprint density at radius 2 is 2.35 bits per heavy atom. The molecule has 2 heterocycles. The zero-order chi connectivity index (χ0) is 14.7. The first-order valence-electron chi connectivity index (χ1n) is 5.88. The smallest absolute Gasteiger partial charge is 0.255 e. The number of hydrogen-bond acceptors (Lipinski definition) is 5. The Morgan fingerprint density at radius 1 is 1.65 bits per heavy atom. The second-order valence-corrected chi connectivity index (χ2v) is 5.89. The maximum atomic E-state index is 12.0. The van der Waals surface area contributed by atoms with Crippen LogP contribution in [-0.2, 0) is 4.79 Å². The summed E-state index contributed by atoms with van der Waals surface area (Å²) in [4.78, 5) is 22.0. The summed E-state index contributed by atoms with van der Waals surface area (Å²) in [5.41, 5.74) is 0. The van der Waals surface area contributed by atoms with Crippen LogP contribution in [0.2, 0.25) is 0 Å². The lowest BCUT2D eigenvalue weighted by Crippen LogP contribution is -2.54. The number of amides is 1. The number of halogens is 3. The highest BCUT2D eigenvalue weighted by Gasteiger charge is 2.34. The number of carbonyl (C=O) groups excluding carboxylic acids is 1. The molecule has 0 spiro atoms. The number of rotatable bonds is 5. The second kappa shape index (κ2) is 6.66. The molecule has 1 fully saturated rings. The van der Waals surface area contributed by atoms with E-state index in [0.717, 1.165) is 10.3 Å². The summed E-state index contributed by atoms with van der Waals surface area (Å²) < 4.78 is 24.8. The second-order valence-electron chi connectivity index (χ2n) is 4.27. The van der Waals surface area contributed by atoms with Crippen LogP contribution in [0.15, 0.2) is 15.8 Å². The lowest BCUT2D eigenvalue weighted by molar-refractivity contribution is -0.126. The number of alkyl halides is 2. The standard InChI is InChI=1S/C11H13BrF2N4OS/c1-20-11-16-2-7(12)9(17-11)18-4-6(5-18)10(19)15-3-8(13)14/h2,6,8H,3-5H2,1H3,(H,15,19). The van der Waals surface area contributed by atoms with Crippen LogP contribution in [0.3, 0.4) is 0 Å². The van der Waals surface area contributed by atoms with Crippen LogP contribution in [0.25, 0.3) is 0 Å². The van der Waals surface area contributed by atoms with Gasteiger partial charge in [-0.1, -0.05) is 11.8 Å². The Morgan fingerprint density at radius 3 is 2.95 bits per heavy atom. The van der Waals surface area contributed by atoms with Crippen LogP contribution in [-0.4, -0.2) is 48.2 Å². The van der Waals surface area contributed by atoms with Crippen LogP contribution in [0.5, 0.6) is 0 Å². The molecule has 1 amide bonds. The van der Waals surface area contributed by atoms with Crippen molar-refractivity contribution in [3.8, 4) is 0 Å². The van der Waals surface area contributed by atoms with Crippen LogP contribution in [0, 0.1) is 5.92 Å². The highest BCUT2D eigenvalue weighted by Crippen LogP contribution is 2.30. The van der Waals surface area contributed by atoms with E-state index in [1.165, 1.54) is 11.8 Å². The normalized spacial score (nSPS) is 15.3. The first-order valence-corrected chi connectivity index (χ1v) is 7.90. The third kappa shape index (κ3) is 3.57. The van der Waals surface area contributed by atoms with E-state index in [4.69, 9.17) is 0 Å². The van der Waals surface area contributed by atoms with Crippen molar-refractivity contribution in [2.45, 2.75) is 11.6 Å². The van der Waals surface area contributed by atoms with Crippen molar-refractivity contribution in [3.05, 3.63) is 10.7 Å². The molecule has 1 N–H and O–H groups in total. The van der Waals surface area contributed by atoms with E-state index in [9.17, 15) is 13.6 Å². The Labute approximate surface area is 127 Å². The van der Waals surface area contributed by atoms with E-state index in [-0.39, 0.29) is 11.8 Å². The molecule has 9 heteroatoms. The number of nitrogens with zero attached hydrogens (tertiary/aromatic N) is 3. The van der Waals surface area contributed by atoms with E-state index in [2.05, 4.69) is 31.2 Å². The molecule has 0 unspecified atom stereocenters. The van der Waals surface area contributed by atoms with Gasteiger partial charge in [0.1, 0.15) is 5.82 Å². The van der Waals surface area contributed by atoms with Gasteiger partial charge in [0.2, 0.25) is 5.91 Å². The number of carbonyl (C=O) groups is 1. The quantitative estimate of drug-likeness (QED) is 0.635. The first-order chi connectivity index (χ1) is 9.51. The average Bonchev–Trinajstić information content (AvgIpc) is 2.36. The summed E-state index contributed by atoms with van der Waals surface area (Å²) in [6, 6.07) is 0. The van der Waals surface area contributed by atoms with Gasteiger partial charge in [-0.15, -0.1) is 0 Å². The molecule has 5 nitrogen and oxygen atoms in total. The minimum absolute atomic E-state index is 0.270. The minimum Gasteiger partial charge on any atom is -0.354 e. The number of hydrogen-bond donors (Lipinski definition) is 1. The lowest BCUT2D eigenvalue weighted by Gasteiger charge is -2.39. The molecule has 1 aliphatic heterocycles. The average molecular weight is 367 g/mol. The Hall–Kier alpha value is -0.960. The van der Waals surface area contributed by atoms with Crippen molar-refractivity contribution in [1.29, 1.82) is 0 Å². The van der Waals surface area contributed by atoms with Gasteiger partial charge in [-0.05, 0) is 22.2 Å². The Balaban J connectivity index is 1.91. The van der Waals surface area contributed by atoms with E-state index >= 15 is 0 Å². The molecule has 1 saturated heterocycles. The summed E-state index contributed by atoms with van der Waals surface area (Å²) in [5, 5.41) is 2.88. The molecule has 1 aromatic rings. The number of nitrogens with one attached hydrogen (secondary N) is 1.